The van der Waals surface area contributed by atoms with E-state index in [-0.39, 0.29) is 0 Å². The molecule has 0 aliphatic carbocycles. The van der Waals surface area contributed by atoms with Gasteiger partial charge in [0.15, 0.2) is 0 Å². The Morgan fingerprint density at radius 1 is 1.12 bits per heavy atom. The molecule has 0 bridgehead atoms. The number of nitrogens with one attached hydrogen (secondary N) is 1. The van der Waals surface area contributed by atoms with E-state index in [0.29, 0.717) is 5.92 Å². The third-order valence-electron chi connectivity index (χ3n) is 3.61. The molecule has 1 saturated heterocycles. The second-order valence-corrected chi connectivity index (χ2v) is 5.04. The highest BCUT2D eigenvalue weighted by molar-refractivity contribution is 6.31. The van der Waals surface area contributed by atoms with Gasteiger partial charge in [0.05, 0.1) is 0 Å². The summed E-state index contributed by atoms with van der Waals surface area (Å²) in [7, 11) is 0. The largest absolute Gasteiger partial charge is 0.381 e. The van der Waals surface area contributed by atoms with Crippen LogP contribution in [0, 0.1) is 0 Å². The van der Waals surface area contributed by atoms with E-state index >= 15 is 0 Å². The maximum atomic E-state index is 6.37. The van der Waals surface area contributed by atoms with Crippen molar-refractivity contribution < 1.29 is 4.74 Å². The molecule has 0 radical (unpaired) electrons. The fraction of sp³-hybridized carbons (Fsp3) is 0.538. The summed E-state index contributed by atoms with van der Waals surface area (Å²) in [6.07, 6.45) is 2.21. The van der Waals surface area contributed by atoms with Crippen LogP contribution < -0.4 is 5.32 Å². The van der Waals surface area contributed by atoms with Gasteiger partial charge in [0, 0.05) is 31.3 Å². The fourth-order valence-electron chi connectivity index (χ4n) is 2.66. The molecule has 3 rings (SSSR count). The van der Waals surface area contributed by atoms with Gasteiger partial charge in [0.25, 0.3) is 0 Å². The molecule has 86 valence electrons. The van der Waals surface area contributed by atoms with Crippen molar-refractivity contribution in [2.24, 2.45) is 0 Å². The minimum Gasteiger partial charge on any atom is -0.381 e. The van der Waals surface area contributed by atoms with Crippen molar-refractivity contribution in [3.8, 4) is 0 Å². The van der Waals surface area contributed by atoms with E-state index < -0.39 is 0 Å². The van der Waals surface area contributed by atoms with E-state index in [9.17, 15) is 0 Å². The number of benzene rings is 1. The summed E-state index contributed by atoms with van der Waals surface area (Å²) in [6.45, 7) is 3.69. The van der Waals surface area contributed by atoms with Gasteiger partial charge in [-0.3, -0.25) is 0 Å². The molecule has 0 saturated carbocycles. The van der Waals surface area contributed by atoms with Gasteiger partial charge in [-0.25, -0.2) is 0 Å². The number of fused-ring (bicyclic) bond motifs is 1. The van der Waals surface area contributed by atoms with E-state index in [1.54, 1.807) is 0 Å². The Bertz CT molecular complexity index is 399. The lowest BCUT2D eigenvalue weighted by atomic mass is 9.90. The summed E-state index contributed by atoms with van der Waals surface area (Å²) in [4.78, 5) is 0. The SMILES string of the molecule is Clc1cc2c(cc1C1CCOCC1)CNC2. The highest BCUT2D eigenvalue weighted by Crippen LogP contribution is 2.35. The molecule has 2 nitrogen and oxygen atoms in total. The van der Waals surface area contributed by atoms with E-state index in [1.807, 2.05) is 0 Å². The summed E-state index contributed by atoms with van der Waals surface area (Å²) >= 11 is 6.37. The van der Waals surface area contributed by atoms with Crippen LogP contribution in [-0.4, -0.2) is 13.2 Å². The summed E-state index contributed by atoms with van der Waals surface area (Å²) in [6, 6.07) is 4.44. The zero-order chi connectivity index (χ0) is 11.0. The molecule has 0 spiro atoms. The van der Waals surface area contributed by atoms with Crippen molar-refractivity contribution in [2.75, 3.05) is 13.2 Å². The van der Waals surface area contributed by atoms with Crippen molar-refractivity contribution in [1.82, 2.24) is 5.32 Å². The van der Waals surface area contributed by atoms with Gasteiger partial charge in [-0.05, 0) is 41.5 Å². The molecule has 0 unspecified atom stereocenters. The third-order valence-corrected chi connectivity index (χ3v) is 3.94. The van der Waals surface area contributed by atoms with Crippen molar-refractivity contribution in [3.05, 3.63) is 33.8 Å². The van der Waals surface area contributed by atoms with E-state index in [0.717, 1.165) is 44.2 Å². The molecular formula is C13H16ClNO. The molecule has 0 atom stereocenters. The van der Waals surface area contributed by atoms with Crippen molar-refractivity contribution >= 4 is 11.6 Å². The number of rotatable bonds is 1. The lowest BCUT2D eigenvalue weighted by molar-refractivity contribution is 0.0853. The van der Waals surface area contributed by atoms with Crippen LogP contribution in [0.2, 0.25) is 5.02 Å². The van der Waals surface area contributed by atoms with Crippen molar-refractivity contribution in [3.63, 3.8) is 0 Å². The van der Waals surface area contributed by atoms with Crippen LogP contribution in [0.25, 0.3) is 0 Å². The Kier molecular flexibility index (Phi) is 2.88. The Morgan fingerprint density at radius 2 is 1.81 bits per heavy atom. The van der Waals surface area contributed by atoms with Crippen LogP contribution in [0.4, 0.5) is 0 Å². The summed E-state index contributed by atoms with van der Waals surface area (Å²) in [5.41, 5.74) is 4.11. The number of ether oxygens (including phenoxy) is 1. The van der Waals surface area contributed by atoms with Gasteiger partial charge in [0.2, 0.25) is 0 Å². The van der Waals surface area contributed by atoms with Crippen LogP contribution in [0.3, 0.4) is 0 Å². The Balaban J connectivity index is 1.94. The Morgan fingerprint density at radius 3 is 2.56 bits per heavy atom. The minimum absolute atomic E-state index is 0.590. The van der Waals surface area contributed by atoms with Crippen LogP contribution in [0.15, 0.2) is 12.1 Å². The molecule has 1 aromatic rings. The molecule has 2 aliphatic rings. The highest BCUT2D eigenvalue weighted by Gasteiger charge is 2.21. The molecule has 0 amide bonds. The monoisotopic (exact) mass is 237 g/mol. The standard InChI is InChI=1S/C13H16ClNO/c14-13-6-11-8-15-7-10(11)5-12(13)9-1-3-16-4-2-9/h5-6,9,15H,1-4,7-8H2. The fourth-order valence-corrected chi connectivity index (χ4v) is 3.00. The first kappa shape index (κ1) is 10.6. The van der Waals surface area contributed by atoms with Crippen LogP contribution in [0.1, 0.15) is 35.4 Å². The molecule has 0 aromatic heterocycles. The lowest BCUT2D eigenvalue weighted by Crippen LogP contribution is -2.14. The summed E-state index contributed by atoms with van der Waals surface area (Å²) < 4.78 is 5.40. The first-order valence-corrected chi connectivity index (χ1v) is 6.32. The molecule has 2 aliphatic heterocycles. The quantitative estimate of drug-likeness (QED) is 0.811. The van der Waals surface area contributed by atoms with Gasteiger partial charge in [-0.2, -0.15) is 0 Å². The average Bonchev–Trinajstić information content (AvgIpc) is 2.76. The lowest BCUT2D eigenvalue weighted by Gasteiger charge is -2.23. The van der Waals surface area contributed by atoms with Crippen LogP contribution in [0.5, 0.6) is 0 Å². The van der Waals surface area contributed by atoms with Gasteiger partial charge in [-0.1, -0.05) is 17.7 Å². The van der Waals surface area contributed by atoms with Crippen molar-refractivity contribution in [1.29, 1.82) is 0 Å². The zero-order valence-corrected chi connectivity index (χ0v) is 10.0. The molecule has 2 heterocycles. The van der Waals surface area contributed by atoms with Gasteiger partial charge in [0.1, 0.15) is 0 Å². The molecule has 1 fully saturated rings. The minimum atomic E-state index is 0.590. The molecule has 3 heteroatoms. The summed E-state index contributed by atoms with van der Waals surface area (Å²) in [5, 5.41) is 4.30. The van der Waals surface area contributed by atoms with Gasteiger partial charge in [-0.15, -0.1) is 0 Å². The second kappa shape index (κ2) is 4.36. The first-order valence-electron chi connectivity index (χ1n) is 5.94. The maximum Gasteiger partial charge on any atom is 0.0471 e. The Hall–Kier alpha value is -0.570. The Labute approximate surface area is 101 Å². The average molecular weight is 238 g/mol. The number of hydrogen-bond donors (Lipinski definition) is 1. The maximum absolute atomic E-state index is 6.37. The number of hydrogen-bond acceptors (Lipinski definition) is 2. The van der Waals surface area contributed by atoms with E-state index in [2.05, 4.69) is 17.4 Å². The van der Waals surface area contributed by atoms with E-state index in [4.69, 9.17) is 16.3 Å². The molecule has 1 N–H and O–H groups in total. The predicted octanol–water partition coefficient (Wildman–Crippen LogP) is 2.84. The van der Waals surface area contributed by atoms with E-state index in [1.165, 1.54) is 16.7 Å². The van der Waals surface area contributed by atoms with Crippen molar-refractivity contribution in [2.45, 2.75) is 31.8 Å². The zero-order valence-electron chi connectivity index (χ0n) is 9.26. The molecular weight excluding hydrogens is 222 g/mol. The molecule has 16 heavy (non-hydrogen) atoms. The number of halogens is 1. The topological polar surface area (TPSA) is 21.3 Å². The van der Waals surface area contributed by atoms with Crippen LogP contribution >= 0.6 is 11.6 Å². The summed E-state index contributed by atoms with van der Waals surface area (Å²) in [5.74, 6) is 0.590. The van der Waals surface area contributed by atoms with Crippen LogP contribution in [-0.2, 0) is 17.8 Å². The normalized spacial score (nSPS) is 21.1. The highest BCUT2D eigenvalue weighted by atomic mass is 35.5. The van der Waals surface area contributed by atoms with Gasteiger partial charge < -0.3 is 10.1 Å². The smallest absolute Gasteiger partial charge is 0.0471 e. The molecule has 1 aromatic carbocycles. The second-order valence-electron chi connectivity index (χ2n) is 4.63. The predicted molar refractivity (Wildman–Crippen MR) is 64.8 cm³/mol. The van der Waals surface area contributed by atoms with Gasteiger partial charge >= 0.3 is 0 Å². The third kappa shape index (κ3) is 1.86. The first-order chi connectivity index (χ1) is 7.84.